The fourth-order valence-corrected chi connectivity index (χ4v) is 1.61. The van der Waals surface area contributed by atoms with Crippen molar-refractivity contribution in [3.8, 4) is 0 Å². The fraction of sp³-hybridized carbons (Fsp3) is 0.818. The number of carbonyl (C=O) groups excluding carboxylic acids is 2. The van der Waals surface area contributed by atoms with Crippen LogP contribution in [0.4, 0.5) is 0 Å². The van der Waals surface area contributed by atoms with Crippen LogP contribution >= 0.6 is 0 Å². The van der Waals surface area contributed by atoms with Gasteiger partial charge in [-0.2, -0.15) is 0 Å². The predicted octanol–water partition coefficient (Wildman–Crippen LogP) is 0.378. The Balaban J connectivity index is 2.38. The SMILES string of the molecule is CC(=O)CCC(=O)OC(O)[C@]1(O)CC1(C)C. The summed E-state index contributed by atoms with van der Waals surface area (Å²) in [6.07, 6.45) is -1.10. The van der Waals surface area contributed by atoms with Crippen LogP contribution in [-0.4, -0.2) is 33.9 Å². The van der Waals surface area contributed by atoms with E-state index in [1.807, 2.05) is 0 Å². The molecule has 5 nitrogen and oxygen atoms in total. The van der Waals surface area contributed by atoms with Gasteiger partial charge in [-0.3, -0.25) is 4.79 Å². The molecule has 0 aliphatic heterocycles. The lowest BCUT2D eigenvalue weighted by Gasteiger charge is -2.20. The predicted molar refractivity (Wildman–Crippen MR) is 55.4 cm³/mol. The minimum absolute atomic E-state index is 0.0666. The highest BCUT2D eigenvalue weighted by Gasteiger charge is 2.66. The van der Waals surface area contributed by atoms with E-state index in [1.54, 1.807) is 13.8 Å². The Morgan fingerprint density at radius 3 is 2.25 bits per heavy atom. The highest BCUT2D eigenvalue weighted by molar-refractivity contribution is 5.81. The molecule has 1 aliphatic carbocycles. The van der Waals surface area contributed by atoms with Crippen molar-refractivity contribution >= 4 is 11.8 Å². The van der Waals surface area contributed by atoms with Crippen LogP contribution in [0.1, 0.15) is 40.0 Å². The summed E-state index contributed by atoms with van der Waals surface area (Å²) in [7, 11) is 0. The molecule has 5 heteroatoms. The van der Waals surface area contributed by atoms with Crippen LogP contribution in [0, 0.1) is 5.41 Å². The Labute approximate surface area is 94.4 Å². The third kappa shape index (κ3) is 2.59. The number of hydrogen-bond donors (Lipinski definition) is 2. The third-order valence-electron chi connectivity index (χ3n) is 3.09. The van der Waals surface area contributed by atoms with Gasteiger partial charge in [-0.1, -0.05) is 13.8 Å². The second-order valence-electron chi connectivity index (χ2n) is 5.03. The first-order valence-electron chi connectivity index (χ1n) is 5.28. The Morgan fingerprint density at radius 1 is 1.38 bits per heavy atom. The Hall–Kier alpha value is -0.940. The molecule has 0 aromatic rings. The molecule has 0 radical (unpaired) electrons. The number of rotatable bonds is 5. The lowest BCUT2D eigenvalue weighted by atomic mass is 10.1. The van der Waals surface area contributed by atoms with Crippen LogP contribution in [-0.2, 0) is 14.3 Å². The Kier molecular flexibility index (Phi) is 3.40. The molecule has 1 unspecified atom stereocenters. The van der Waals surface area contributed by atoms with Crippen molar-refractivity contribution < 1.29 is 24.5 Å². The van der Waals surface area contributed by atoms with Crippen molar-refractivity contribution in [1.29, 1.82) is 0 Å². The number of aliphatic hydroxyl groups is 2. The van der Waals surface area contributed by atoms with E-state index in [-0.39, 0.29) is 18.6 Å². The molecule has 2 atom stereocenters. The molecule has 0 saturated heterocycles. The molecule has 2 N–H and O–H groups in total. The highest BCUT2D eigenvalue weighted by Crippen LogP contribution is 2.57. The van der Waals surface area contributed by atoms with Crippen molar-refractivity contribution in [2.45, 2.75) is 51.9 Å². The number of ketones is 1. The summed E-state index contributed by atoms with van der Waals surface area (Å²) >= 11 is 0. The normalized spacial score (nSPS) is 28.3. The van der Waals surface area contributed by atoms with E-state index in [9.17, 15) is 19.8 Å². The molecular weight excluding hydrogens is 212 g/mol. The van der Waals surface area contributed by atoms with Crippen LogP contribution < -0.4 is 0 Å². The Bertz CT molecular complexity index is 309. The van der Waals surface area contributed by atoms with Crippen LogP contribution in [0.5, 0.6) is 0 Å². The zero-order valence-electron chi connectivity index (χ0n) is 9.82. The van der Waals surface area contributed by atoms with Gasteiger partial charge in [-0.05, 0) is 13.3 Å². The van der Waals surface area contributed by atoms with Crippen LogP contribution in [0.2, 0.25) is 0 Å². The standard InChI is InChI=1S/C11H18O5/c1-7(12)4-5-8(13)16-9(14)11(15)6-10(11,2)3/h9,14-15H,4-6H2,1-3H3/t9?,11-/m1/s1. The van der Waals surface area contributed by atoms with E-state index < -0.39 is 23.3 Å². The number of hydrogen-bond acceptors (Lipinski definition) is 5. The molecule has 0 spiro atoms. The minimum Gasteiger partial charge on any atom is -0.433 e. The maximum absolute atomic E-state index is 11.2. The van der Waals surface area contributed by atoms with E-state index in [0.717, 1.165) is 0 Å². The largest absolute Gasteiger partial charge is 0.433 e. The van der Waals surface area contributed by atoms with Crippen molar-refractivity contribution in [2.24, 2.45) is 5.41 Å². The molecule has 1 rings (SSSR count). The van der Waals surface area contributed by atoms with E-state index in [0.29, 0.717) is 6.42 Å². The maximum atomic E-state index is 11.2. The second-order valence-corrected chi connectivity index (χ2v) is 5.03. The van der Waals surface area contributed by atoms with E-state index in [1.165, 1.54) is 6.92 Å². The fourth-order valence-electron chi connectivity index (χ4n) is 1.61. The average molecular weight is 230 g/mol. The maximum Gasteiger partial charge on any atom is 0.308 e. The number of Topliss-reactive ketones (excluding diaryl/α,β-unsaturated/α-hetero) is 1. The van der Waals surface area contributed by atoms with Gasteiger partial charge in [-0.25, -0.2) is 0 Å². The molecule has 1 aliphatic rings. The summed E-state index contributed by atoms with van der Waals surface area (Å²) in [5.74, 6) is -0.782. The van der Waals surface area contributed by atoms with Gasteiger partial charge in [0.15, 0.2) is 0 Å². The van der Waals surface area contributed by atoms with Gasteiger partial charge in [0.05, 0.1) is 6.42 Å². The summed E-state index contributed by atoms with van der Waals surface area (Å²) < 4.78 is 4.68. The summed E-state index contributed by atoms with van der Waals surface area (Å²) in [6, 6.07) is 0. The van der Waals surface area contributed by atoms with Gasteiger partial charge < -0.3 is 19.7 Å². The first-order valence-corrected chi connectivity index (χ1v) is 5.28. The quantitative estimate of drug-likeness (QED) is 0.527. The van der Waals surface area contributed by atoms with Gasteiger partial charge in [0.1, 0.15) is 11.4 Å². The molecule has 0 amide bonds. The summed E-state index contributed by atoms with van der Waals surface area (Å²) in [4.78, 5) is 21.8. The number of aliphatic hydroxyl groups excluding tert-OH is 1. The third-order valence-corrected chi connectivity index (χ3v) is 3.09. The number of ether oxygens (including phenoxy) is 1. The van der Waals surface area contributed by atoms with Crippen LogP contribution in [0.3, 0.4) is 0 Å². The zero-order chi connectivity index (χ0) is 12.6. The molecule has 1 saturated carbocycles. The van der Waals surface area contributed by atoms with Gasteiger partial charge >= 0.3 is 5.97 Å². The Morgan fingerprint density at radius 2 is 1.88 bits per heavy atom. The molecule has 92 valence electrons. The summed E-state index contributed by atoms with van der Waals surface area (Å²) in [5, 5.41) is 19.4. The van der Waals surface area contributed by atoms with Gasteiger partial charge in [0, 0.05) is 11.8 Å². The monoisotopic (exact) mass is 230 g/mol. The molecule has 0 aromatic carbocycles. The van der Waals surface area contributed by atoms with E-state index in [2.05, 4.69) is 4.74 Å². The van der Waals surface area contributed by atoms with Gasteiger partial charge in [0.25, 0.3) is 0 Å². The topological polar surface area (TPSA) is 83.8 Å². The molecule has 1 fully saturated rings. The minimum atomic E-state index is -1.51. The smallest absolute Gasteiger partial charge is 0.308 e. The van der Waals surface area contributed by atoms with Crippen molar-refractivity contribution in [2.75, 3.05) is 0 Å². The summed E-state index contributed by atoms with van der Waals surface area (Å²) in [5.41, 5.74) is -1.79. The van der Waals surface area contributed by atoms with Crippen LogP contribution in [0.15, 0.2) is 0 Å². The number of esters is 1. The van der Waals surface area contributed by atoms with E-state index >= 15 is 0 Å². The van der Waals surface area contributed by atoms with Gasteiger partial charge in [-0.15, -0.1) is 0 Å². The second kappa shape index (κ2) is 4.14. The van der Waals surface area contributed by atoms with E-state index in [4.69, 9.17) is 0 Å². The lowest BCUT2D eigenvalue weighted by molar-refractivity contribution is -0.198. The highest BCUT2D eigenvalue weighted by atomic mass is 16.6. The van der Waals surface area contributed by atoms with Crippen LogP contribution in [0.25, 0.3) is 0 Å². The average Bonchev–Trinajstić information content (AvgIpc) is 2.64. The van der Waals surface area contributed by atoms with Crippen molar-refractivity contribution in [3.05, 3.63) is 0 Å². The first kappa shape index (κ1) is 13.1. The summed E-state index contributed by atoms with van der Waals surface area (Å²) in [6.45, 7) is 4.93. The molecule has 0 bridgehead atoms. The van der Waals surface area contributed by atoms with Gasteiger partial charge in [0.2, 0.25) is 6.29 Å². The molecule has 0 aromatic heterocycles. The molecule has 16 heavy (non-hydrogen) atoms. The zero-order valence-corrected chi connectivity index (χ0v) is 9.82. The van der Waals surface area contributed by atoms with Crippen molar-refractivity contribution in [1.82, 2.24) is 0 Å². The lowest BCUT2D eigenvalue weighted by Crippen LogP contribution is -2.36. The molecule has 0 heterocycles. The molecular formula is C11H18O5. The number of carbonyl (C=O) groups is 2. The first-order chi connectivity index (χ1) is 7.19. The van der Waals surface area contributed by atoms with Crippen molar-refractivity contribution in [3.63, 3.8) is 0 Å².